The number of aliphatic carboxylic acids is 1. The van der Waals surface area contributed by atoms with E-state index in [9.17, 15) is 19.5 Å². The van der Waals surface area contributed by atoms with Gasteiger partial charge in [-0.15, -0.1) is 0 Å². The molecule has 1 aromatic rings. The minimum atomic E-state index is -1.11. The Morgan fingerprint density at radius 1 is 1.06 bits per heavy atom. The normalized spacial score (nSPS) is 12.6. The molecular weight excluding hydrogens is 472 g/mol. The van der Waals surface area contributed by atoms with E-state index in [2.05, 4.69) is 10.4 Å². The molecule has 2 amide bonds. The summed E-state index contributed by atoms with van der Waals surface area (Å²) in [7, 11) is 1.50. The number of rotatable bonds is 21. The number of nitrogens with zero attached hydrogens (tertiary/aromatic N) is 2. The first-order valence-corrected chi connectivity index (χ1v) is 11.4. The lowest BCUT2D eigenvalue weighted by molar-refractivity contribution is -0.140. The Hall–Kier alpha value is -3.32. The molecule has 0 spiro atoms. The van der Waals surface area contributed by atoms with Crippen molar-refractivity contribution in [2.45, 2.75) is 19.4 Å². The van der Waals surface area contributed by atoms with Gasteiger partial charge in [-0.1, -0.05) is 24.3 Å². The molecule has 0 radical (unpaired) electrons. The minimum Gasteiger partial charge on any atom is -0.489 e. The molecular formula is C24H36N4O8. The summed E-state index contributed by atoms with van der Waals surface area (Å²) in [6, 6.07) is 6.17. The fourth-order valence-corrected chi connectivity index (χ4v) is 2.82. The van der Waals surface area contributed by atoms with Gasteiger partial charge in [0.25, 0.3) is 0 Å². The van der Waals surface area contributed by atoms with Crippen LogP contribution in [-0.4, -0.2) is 101 Å². The number of amides is 2. The molecule has 0 aromatic heterocycles. The van der Waals surface area contributed by atoms with Gasteiger partial charge in [0.2, 0.25) is 12.8 Å². The Morgan fingerprint density at radius 2 is 1.64 bits per heavy atom. The largest absolute Gasteiger partial charge is 0.489 e. The lowest BCUT2D eigenvalue weighted by Crippen LogP contribution is -2.37. The highest BCUT2D eigenvalue weighted by Crippen LogP contribution is 2.20. The maximum absolute atomic E-state index is 11.2. The first-order chi connectivity index (χ1) is 17.4. The summed E-state index contributed by atoms with van der Waals surface area (Å²) < 4.78 is 22.0. The van der Waals surface area contributed by atoms with Gasteiger partial charge in [-0.25, -0.2) is 9.80 Å². The van der Waals surface area contributed by atoms with Crippen molar-refractivity contribution in [2.24, 2.45) is 10.8 Å². The predicted octanol–water partition coefficient (Wildman–Crippen LogP) is 0.258. The number of carboxylic acids is 1. The number of carbonyl (C=O) groups excluding carboxylic acids is 2. The van der Waals surface area contributed by atoms with Crippen LogP contribution in [0.4, 0.5) is 0 Å². The number of carbonyl (C=O) groups is 3. The standard InChI is InChI=1S/C24H36N4O8/c1-19(21-5-3-20(4-6-21)15-22(24(31)32)26-17-29)23(16-27-28(2)18-30)36-14-13-35-12-11-34-10-9-33-8-7-25/h3-6,16-18,22H,7-15,25H2,1-2H3,(H,26,29)(H,31,32)/b23-19-,27-16-. The highest BCUT2D eigenvalue weighted by Gasteiger charge is 2.16. The summed E-state index contributed by atoms with van der Waals surface area (Å²) >= 11 is 0. The molecule has 200 valence electrons. The number of nitrogens with one attached hydrogen (secondary N) is 1. The van der Waals surface area contributed by atoms with Gasteiger partial charge < -0.3 is 35.1 Å². The molecule has 12 nitrogen and oxygen atoms in total. The maximum Gasteiger partial charge on any atom is 0.326 e. The van der Waals surface area contributed by atoms with Crippen LogP contribution in [0, 0.1) is 0 Å². The van der Waals surface area contributed by atoms with Crippen molar-refractivity contribution in [3.05, 3.63) is 41.2 Å². The molecule has 0 fully saturated rings. The number of hydrogen-bond donors (Lipinski definition) is 3. The number of nitrogens with two attached hydrogens (primary N) is 1. The zero-order valence-electron chi connectivity index (χ0n) is 20.8. The van der Waals surface area contributed by atoms with Crippen LogP contribution in [0.3, 0.4) is 0 Å². The molecule has 4 N–H and O–H groups in total. The van der Waals surface area contributed by atoms with E-state index in [0.29, 0.717) is 64.8 Å². The van der Waals surface area contributed by atoms with Crippen molar-refractivity contribution in [3.63, 3.8) is 0 Å². The predicted molar refractivity (Wildman–Crippen MR) is 133 cm³/mol. The smallest absolute Gasteiger partial charge is 0.326 e. The third-order valence-corrected chi connectivity index (χ3v) is 4.76. The third-order valence-electron chi connectivity index (χ3n) is 4.76. The summed E-state index contributed by atoms with van der Waals surface area (Å²) in [5.41, 5.74) is 7.65. The number of carboxylic acid groups (broad SMARTS) is 1. The highest BCUT2D eigenvalue weighted by atomic mass is 16.6. The van der Waals surface area contributed by atoms with Crippen molar-refractivity contribution in [1.29, 1.82) is 0 Å². The van der Waals surface area contributed by atoms with E-state index in [1.165, 1.54) is 13.3 Å². The van der Waals surface area contributed by atoms with Crippen LogP contribution in [0.2, 0.25) is 0 Å². The quantitative estimate of drug-likeness (QED) is 0.0695. The molecule has 0 saturated carbocycles. The minimum absolute atomic E-state index is 0.147. The van der Waals surface area contributed by atoms with Gasteiger partial charge in [-0.3, -0.25) is 9.59 Å². The number of allylic oxidation sites excluding steroid dienone is 2. The zero-order chi connectivity index (χ0) is 26.6. The van der Waals surface area contributed by atoms with Crippen molar-refractivity contribution in [2.75, 3.05) is 59.8 Å². The van der Waals surface area contributed by atoms with Crippen molar-refractivity contribution < 1.29 is 38.4 Å². The van der Waals surface area contributed by atoms with E-state index in [-0.39, 0.29) is 13.0 Å². The molecule has 1 unspecified atom stereocenters. The van der Waals surface area contributed by atoms with Crippen molar-refractivity contribution in [3.8, 4) is 0 Å². The molecule has 1 aromatic carbocycles. The second-order valence-corrected chi connectivity index (χ2v) is 7.46. The van der Waals surface area contributed by atoms with Gasteiger partial charge in [0.05, 0.1) is 45.9 Å². The van der Waals surface area contributed by atoms with Crippen LogP contribution >= 0.6 is 0 Å². The second-order valence-electron chi connectivity index (χ2n) is 7.46. The Bertz CT molecular complexity index is 845. The van der Waals surface area contributed by atoms with E-state index < -0.39 is 12.0 Å². The monoisotopic (exact) mass is 508 g/mol. The van der Waals surface area contributed by atoms with E-state index >= 15 is 0 Å². The van der Waals surface area contributed by atoms with Gasteiger partial charge in [0, 0.05) is 20.0 Å². The average Bonchev–Trinajstić information content (AvgIpc) is 2.88. The van der Waals surface area contributed by atoms with Crippen LogP contribution in [-0.2, 0) is 39.8 Å². The molecule has 0 aliphatic heterocycles. The first kappa shape index (κ1) is 30.7. The van der Waals surface area contributed by atoms with E-state index in [0.717, 1.165) is 21.7 Å². The lowest BCUT2D eigenvalue weighted by Gasteiger charge is -2.14. The SMILES string of the molecule is C/C(=C(\C=N/N(C)C=O)OCCOCCOCCOCCN)c1ccc(CC(NC=O)C(=O)O)cc1. The van der Waals surface area contributed by atoms with Gasteiger partial charge in [0.1, 0.15) is 18.4 Å². The molecule has 0 heterocycles. The maximum atomic E-state index is 11.2. The van der Waals surface area contributed by atoms with Crippen LogP contribution in [0.5, 0.6) is 0 Å². The topological polar surface area (TPSA) is 162 Å². The molecule has 1 atom stereocenters. The highest BCUT2D eigenvalue weighted by molar-refractivity contribution is 5.88. The van der Waals surface area contributed by atoms with Crippen LogP contribution in [0.1, 0.15) is 18.1 Å². The number of ether oxygens (including phenoxy) is 4. The fourth-order valence-electron chi connectivity index (χ4n) is 2.82. The third kappa shape index (κ3) is 13.0. The van der Waals surface area contributed by atoms with Crippen LogP contribution in [0.15, 0.2) is 35.1 Å². The summed E-state index contributed by atoms with van der Waals surface area (Å²) in [4.78, 5) is 32.7. The average molecular weight is 509 g/mol. The Labute approximate surface area is 211 Å². The summed E-state index contributed by atoms with van der Waals surface area (Å²) in [5.74, 6) is -0.668. The molecule has 0 aliphatic carbocycles. The van der Waals surface area contributed by atoms with E-state index in [1.807, 2.05) is 19.1 Å². The van der Waals surface area contributed by atoms with Crippen molar-refractivity contribution in [1.82, 2.24) is 10.3 Å². The lowest BCUT2D eigenvalue weighted by atomic mass is 10.0. The summed E-state index contributed by atoms with van der Waals surface area (Å²) in [5, 5.41) is 16.6. The molecule has 12 heteroatoms. The van der Waals surface area contributed by atoms with Gasteiger partial charge in [0.15, 0.2) is 0 Å². The first-order valence-electron chi connectivity index (χ1n) is 11.4. The van der Waals surface area contributed by atoms with Gasteiger partial charge in [-0.2, -0.15) is 5.10 Å². The molecule has 0 saturated heterocycles. The van der Waals surface area contributed by atoms with Crippen LogP contribution < -0.4 is 11.1 Å². The van der Waals surface area contributed by atoms with Crippen LogP contribution in [0.25, 0.3) is 5.57 Å². The van der Waals surface area contributed by atoms with Gasteiger partial charge in [-0.05, 0) is 23.6 Å². The van der Waals surface area contributed by atoms with Gasteiger partial charge >= 0.3 is 5.97 Å². The number of hydrogen-bond acceptors (Lipinski definition) is 9. The van der Waals surface area contributed by atoms with E-state index in [1.54, 1.807) is 12.1 Å². The fraction of sp³-hybridized carbons (Fsp3) is 0.500. The Kier molecular flexibility index (Phi) is 16.2. The second kappa shape index (κ2) is 18.9. The zero-order valence-corrected chi connectivity index (χ0v) is 20.8. The molecule has 0 aliphatic rings. The summed E-state index contributed by atoms with van der Waals surface area (Å²) in [6.45, 7) is 5.18. The Morgan fingerprint density at radius 3 is 2.17 bits per heavy atom. The van der Waals surface area contributed by atoms with E-state index in [4.69, 9.17) is 24.7 Å². The Balaban J connectivity index is 2.68. The molecule has 1 rings (SSSR count). The molecule has 0 bridgehead atoms. The van der Waals surface area contributed by atoms with Crippen molar-refractivity contribution >= 4 is 30.6 Å². The molecule has 36 heavy (non-hydrogen) atoms. The number of benzene rings is 1. The summed E-state index contributed by atoms with van der Waals surface area (Å²) in [6.07, 6.45) is 2.52. The number of hydrazone groups is 1.